The minimum absolute atomic E-state index is 0.323. The summed E-state index contributed by atoms with van der Waals surface area (Å²) in [5, 5.41) is 0. The van der Waals surface area contributed by atoms with Gasteiger partial charge in [-0.3, -0.25) is 0 Å². The van der Waals surface area contributed by atoms with Crippen LogP contribution in [0.5, 0.6) is 17.2 Å². The van der Waals surface area contributed by atoms with Gasteiger partial charge in [0.25, 0.3) is 0 Å². The maximum absolute atomic E-state index is 12.4. The van der Waals surface area contributed by atoms with Gasteiger partial charge in [0.1, 0.15) is 4.88 Å². The van der Waals surface area contributed by atoms with E-state index in [0.717, 1.165) is 12.8 Å². The van der Waals surface area contributed by atoms with Gasteiger partial charge in [0.05, 0.1) is 14.2 Å². The lowest BCUT2D eigenvalue weighted by atomic mass is 9.99. The summed E-state index contributed by atoms with van der Waals surface area (Å²) in [5.74, 6) is 0.925. The van der Waals surface area contributed by atoms with Gasteiger partial charge in [-0.2, -0.15) is 0 Å². The number of methoxy groups -OCH3 is 2. The zero-order valence-corrected chi connectivity index (χ0v) is 13.5. The molecule has 4 nitrogen and oxygen atoms in total. The van der Waals surface area contributed by atoms with Gasteiger partial charge < -0.3 is 14.2 Å². The zero-order chi connectivity index (χ0) is 15.5. The first kappa shape index (κ1) is 14.9. The predicted octanol–water partition coefficient (Wildman–Crippen LogP) is 3.86. The summed E-state index contributed by atoms with van der Waals surface area (Å²) < 4.78 is 16.0. The van der Waals surface area contributed by atoms with E-state index in [9.17, 15) is 4.79 Å². The molecule has 5 heteroatoms. The van der Waals surface area contributed by atoms with E-state index in [1.807, 2.05) is 6.07 Å². The standard InChI is InChI=1S/C17H18O4S/c1-19-12-7-5-8-13(20-2)16(12)21-17(18)15-10-11-6-3-4-9-14(11)22-15/h5,7-8,10H,3-4,6,9H2,1-2H3. The molecule has 116 valence electrons. The molecule has 0 N–H and O–H groups in total. The van der Waals surface area contributed by atoms with E-state index in [-0.39, 0.29) is 5.97 Å². The Balaban J connectivity index is 1.87. The summed E-state index contributed by atoms with van der Waals surface area (Å²) in [6, 6.07) is 7.23. The summed E-state index contributed by atoms with van der Waals surface area (Å²) >= 11 is 1.53. The van der Waals surface area contributed by atoms with Crippen molar-refractivity contribution in [1.82, 2.24) is 0 Å². The normalized spacial score (nSPS) is 13.4. The fourth-order valence-corrected chi connectivity index (χ4v) is 3.78. The quantitative estimate of drug-likeness (QED) is 0.634. The fourth-order valence-electron chi connectivity index (χ4n) is 2.65. The van der Waals surface area contributed by atoms with Gasteiger partial charge >= 0.3 is 5.97 Å². The van der Waals surface area contributed by atoms with Crippen molar-refractivity contribution >= 4 is 17.3 Å². The lowest BCUT2D eigenvalue weighted by Crippen LogP contribution is -2.08. The minimum atomic E-state index is -0.359. The van der Waals surface area contributed by atoms with Crippen molar-refractivity contribution < 1.29 is 19.0 Å². The van der Waals surface area contributed by atoms with Crippen molar-refractivity contribution in [2.75, 3.05) is 14.2 Å². The van der Waals surface area contributed by atoms with Gasteiger partial charge in [0.15, 0.2) is 11.5 Å². The first-order valence-corrected chi connectivity index (χ1v) is 8.09. The number of esters is 1. The second kappa shape index (κ2) is 6.40. The van der Waals surface area contributed by atoms with Crippen LogP contribution in [0.1, 0.15) is 33.0 Å². The molecule has 0 saturated heterocycles. The summed E-state index contributed by atoms with van der Waals surface area (Å²) in [6.45, 7) is 0. The number of carbonyl (C=O) groups excluding carboxylic acids is 1. The van der Waals surface area contributed by atoms with Crippen LogP contribution in [-0.2, 0) is 12.8 Å². The number of fused-ring (bicyclic) bond motifs is 1. The molecular weight excluding hydrogens is 300 g/mol. The molecule has 1 aliphatic carbocycles. The molecule has 22 heavy (non-hydrogen) atoms. The largest absolute Gasteiger partial charge is 0.493 e. The van der Waals surface area contributed by atoms with Crippen LogP contribution in [0, 0.1) is 0 Å². The Hall–Kier alpha value is -2.01. The highest BCUT2D eigenvalue weighted by molar-refractivity contribution is 7.14. The Bertz CT molecular complexity index is 644. The Labute approximate surface area is 133 Å². The first-order chi connectivity index (χ1) is 10.7. The highest BCUT2D eigenvalue weighted by Crippen LogP contribution is 2.38. The number of ether oxygens (including phenoxy) is 3. The monoisotopic (exact) mass is 318 g/mol. The maximum Gasteiger partial charge on any atom is 0.353 e. The van der Waals surface area contributed by atoms with E-state index in [2.05, 4.69) is 0 Å². The number of benzene rings is 1. The van der Waals surface area contributed by atoms with E-state index in [1.54, 1.807) is 18.2 Å². The molecule has 0 unspecified atom stereocenters. The van der Waals surface area contributed by atoms with Crippen LogP contribution in [0.25, 0.3) is 0 Å². The van der Waals surface area contributed by atoms with E-state index < -0.39 is 0 Å². The van der Waals surface area contributed by atoms with Crippen LogP contribution < -0.4 is 14.2 Å². The van der Waals surface area contributed by atoms with E-state index in [0.29, 0.717) is 22.1 Å². The third-order valence-corrected chi connectivity index (χ3v) is 4.99. The SMILES string of the molecule is COc1cccc(OC)c1OC(=O)c1cc2c(s1)CCCC2. The molecule has 3 rings (SSSR count). The topological polar surface area (TPSA) is 44.8 Å². The molecule has 0 aliphatic heterocycles. The molecule has 0 saturated carbocycles. The van der Waals surface area contributed by atoms with Crippen molar-refractivity contribution in [3.63, 3.8) is 0 Å². The lowest BCUT2D eigenvalue weighted by molar-refractivity contribution is 0.0729. The number of rotatable bonds is 4. The second-order valence-electron chi connectivity index (χ2n) is 5.15. The van der Waals surface area contributed by atoms with Crippen molar-refractivity contribution in [3.05, 3.63) is 39.6 Å². The summed E-state index contributed by atoms with van der Waals surface area (Å²) in [5.41, 5.74) is 1.29. The van der Waals surface area contributed by atoms with Crippen molar-refractivity contribution in [2.24, 2.45) is 0 Å². The molecule has 1 aromatic carbocycles. The Kier molecular flexibility index (Phi) is 4.34. The Morgan fingerprint density at radius 2 is 1.77 bits per heavy atom. The average Bonchev–Trinajstić information content (AvgIpc) is 2.99. The smallest absolute Gasteiger partial charge is 0.353 e. The third kappa shape index (κ3) is 2.81. The van der Waals surface area contributed by atoms with Crippen LogP contribution in [0.15, 0.2) is 24.3 Å². The summed E-state index contributed by atoms with van der Waals surface area (Å²) in [4.78, 5) is 14.4. The van der Waals surface area contributed by atoms with Gasteiger partial charge in [-0.25, -0.2) is 4.79 Å². The van der Waals surface area contributed by atoms with Crippen LogP contribution >= 0.6 is 11.3 Å². The molecule has 0 radical (unpaired) electrons. The zero-order valence-electron chi connectivity index (χ0n) is 12.7. The van der Waals surface area contributed by atoms with Gasteiger partial charge in [0.2, 0.25) is 5.75 Å². The van der Waals surface area contributed by atoms with Gasteiger partial charge in [0, 0.05) is 4.88 Å². The van der Waals surface area contributed by atoms with Gasteiger partial charge in [-0.15, -0.1) is 11.3 Å². The highest BCUT2D eigenvalue weighted by Gasteiger charge is 2.21. The number of carbonyl (C=O) groups is 1. The van der Waals surface area contributed by atoms with Crippen LogP contribution in [0.3, 0.4) is 0 Å². The number of aryl methyl sites for hydroxylation is 2. The fraction of sp³-hybridized carbons (Fsp3) is 0.353. The molecule has 2 aromatic rings. The van der Waals surface area contributed by atoms with E-state index in [1.165, 1.54) is 48.8 Å². The lowest BCUT2D eigenvalue weighted by Gasteiger charge is -2.12. The third-order valence-electron chi connectivity index (χ3n) is 3.78. The van der Waals surface area contributed by atoms with Crippen LogP contribution in [0.4, 0.5) is 0 Å². The van der Waals surface area contributed by atoms with Gasteiger partial charge in [-0.05, 0) is 49.4 Å². The number of para-hydroxylation sites is 1. The number of hydrogen-bond donors (Lipinski definition) is 0. The first-order valence-electron chi connectivity index (χ1n) is 7.27. The highest BCUT2D eigenvalue weighted by atomic mass is 32.1. The average molecular weight is 318 g/mol. The molecular formula is C17H18O4S. The summed E-state index contributed by atoms with van der Waals surface area (Å²) in [6.07, 6.45) is 4.50. The number of thiophene rings is 1. The Morgan fingerprint density at radius 3 is 2.41 bits per heavy atom. The van der Waals surface area contributed by atoms with Crippen molar-refractivity contribution in [3.8, 4) is 17.2 Å². The summed E-state index contributed by atoms with van der Waals surface area (Å²) in [7, 11) is 3.08. The van der Waals surface area contributed by atoms with Crippen LogP contribution in [0.2, 0.25) is 0 Å². The maximum atomic E-state index is 12.4. The van der Waals surface area contributed by atoms with E-state index in [4.69, 9.17) is 14.2 Å². The van der Waals surface area contributed by atoms with Crippen molar-refractivity contribution in [1.29, 1.82) is 0 Å². The molecule has 0 bridgehead atoms. The Morgan fingerprint density at radius 1 is 1.09 bits per heavy atom. The van der Waals surface area contributed by atoms with E-state index >= 15 is 0 Å². The predicted molar refractivity (Wildman–Crippen MR) is 85.5 cm³/mol. The molecule has 1 aliphatic rings. The number of hydrogen-bond acceptors (Lipinski definition) is 5. The molecule has 0 amide bonds. The van der Waals surface area contributed by atoms with Crippen molar-refractivity contribution in [2.45, 2.75) is 25.7 Å². The molecule has 0 atom stereocenters. The molecule has 0 spiro atoms. The van der Waals surface area contributed by atoms with Gasteiger partial charge in [-0.1, -0.05) is 6.07 Å². The molecule has 1 heterocycles. The second-order valence-corrected chi connectivity index (χ2v) is 6.28. The van der Waals surface area contributed by atoms with Crippen LogP contribution in [-0.4, -0.2) is 20.2 Å². The molecule has 1 aromatic heterocycles. The minimum Gasteiger partial charge on any atom is -0.493 e. The molecule has 0 fully saturated rings.